The van der Waals surface area contributed by atoms with Crippen LogP contribution in [0.2, 0.25) is 0 Å². The van der Waals surface area contributed by atoms with Gasteiger partial charge in [0.25, 0.3) is 11.5 Å². The molecule has 1 aliphatic rings. The lowest BCUT2D eigenvalue weighted by atomic mass is 10.0. The minimum absolute atomic E-state index is 0.116. The van der Waals surface area contributed by atoms with Crippen LogP contribution in [-0.2, 0) is 6.54 Å². The van der Waals surface area contributed by atoms with Crippen LogP contribution in [0.4, 0.5) is 0 Å². The number of amides is 1. The molecule has 6 nitrogen and oxygen atoms in total. The van der Waals surface area contributed by atoms with Gasteiger partial charge in [-0.2, -0.15) is 5.10 Å². The zero-order valence-electron chi connectivity index (χ0n) is 16.2. The molecule has 0 saturated heterocycles. The maximum atomic E-state index is 13.0. The zero-order chi connectivity index (χ0) is 20.0. The van der Waals surface area contributed by atoms with Crippen molar-refractivity contribution in [3.63, 3.8) is 0 Å². The number of aromatic amines is 1. The molecule has 0 spiro atoms. The smallest absolute Gasteiger partial charge is 0.253 e. The number of hydrogen-bond donors (Lipinski definition) is 2. The molecule has 0 unspecified atom stereocenters. The Hall–Kier alpha value is -2.41. The van der Waals surface area contributed by atoms with Gasteiger partial charge in [0.05, 0.1) is 17.3 Å². The molecule has 2 N–H and O–H groups in total. The number of hydrogen-bond acceptors (Lipinski definition) is 3. The molecular weight excluding hydrogens is 420 g/mol. The minimum Gasteiger partial charge on any atom is -0.348 e. The van der Waals surface area contributed by atoms with E-state index in [1.807, 2.05) is 23.7 Å². The first-order chi connectivity index (χ1) is 13.3. The Morgan fingerprint density at radius 1 is 1.36 bits per heavy atom. The maximum absolute atomic E-state index is 13.0. The minimum atomic E-state index is -0.212. The molecule has 3 aromatic rings. The first kappa shape index (κ1) is 18.9. The molecule has 1 fully saturated rings. The van der Waals surface area contributed by atoms with Crippen molar-refractivity contribution >= 4 is 32.7 Å². The summed E-state index contributed by atoms with van der Waals surface area (Å²) in [5.74, 6) is 0.228. The number of carbonyl (C=O) groups excluding carboxylic acids is 1. The van der Waals surface area contributed by atoms with Gasteiger partial charge in [-0.15, -0.1) is 0 Å². The Balaban J connectivity index is 1.65. The molecule has 4 rings (SSSR count). The van der Waals surface area contributed by atoms with E-state index in [9.17, 15) is 9.59 Å². The van der Waals surface area contributed by atoms with Gasteiger partial charge in [-0.1, -0.05) is 15.9 Å². The fourth-order valence-electron chi connectivity index (χ4n) is 3.66. The molecule has 1 saturated carbocycles. The van der Waals surface area contributed by atoms with Gasteiger partial charge in [0, 0.05) is 33.7 Å². The molecule has 2 aromatic heterocycles. The van der Waals surface area contributed by atoms with Gasteiger partial charge in [-0.25, -0.2) is 0 Å². The molecule has 1 aliphatic carbocycles. The summed E-state index contributed by atoms with van der Waals surface area (Å²) in [7, 11) is 0. The van der Waals surface area contributed by atoms with Gasteiger partial charge >= 0.3 is 0 Å². The second-order valence-electron chi connectivity index (χ2n) is 7.74. The van der Waals surface area contributed by atoms with Crippen LogP contribution < -0.4 is 10.9 Å². The fraction of sp³-hybridized carbons (Fsp3) is 0.381. The molecule has 1 aromatic carbocycles. The van der Waals surface area contributed by atoms with Crippen LogP contribution in [0.3, 0.4) is 0 Å². The van der Waals surface area contributed by atoms with Crippen molar-refractivity contribution in [2.45, 2.75) is 52.1 Å². The molecule has 0 atom stereocenters. The Morgan fingerprint density at radius 2 is 2.11 bits per heavy atom. The average Bonchev–Trinajstić information content (AvgIpc) is 3.38. The molecule has 146 valence electrons. The van der Waals surface area contributed by atoms with E-state index in [2.05, 4.69) is 45.2 Å². The predicted molar refractivity (Wildman–Crippen MR) is 113 cm³/mol. The number of pyridine rings is 1. The number of aryl methyl sites for hydroxylation is 1. The van der Waals surface area contributed by atoms with Crippen LogP contribution in [-0.4, -0.2) is 20.7 Å². The number of H-pyrrole nitrogens is 1. The molecule has 0 aliphatic heterocycles. The summed E-state index contributed by atoms with van der Waals surface area (Å²) in [5.41, 5.74) is 3.92. The van der Waals surface area contributed by atoms with Crippen LogP contribution in [0, 0.1) is 6.92 Å². The third-order valence-electron chi connectivity index (χ3n) is 5.16. The molecule has 2 heterocycles. The molecule has 28 heavy (non-hydrogen) atoms. The summed E-state index contributed by atoms with van der Waals surface area (Å²) in [6.07, 6.45) is 3.93. The number of fused-ring (bicyclic) bond motifs is 1. The van der Waals surface area contributed by atoms with E-state index in [0.717, 1.165) is 39.5 Å². The number of carbonyl (C=O) groups is 1. The summed E-state index contributed by atoms with van der Waals surface area (Å²) in [6, 6.07) is 5.99. The van der Waals surface area contributed by atoms with Gasteiger partial charge < -0.3 is 10.3 Å². The van der Waals surface area contributed by atoms with Crippen molar-refractivity contribution in [2.75, 3.05) is 0 Å². The standard InChI is InChI=1S/C21H23BrN4O2/c1-11(2)26-19-8-14(22)7-16(17(19)10-24-26)20(27)23-9-18-15(13-4-5-13)6-12(3)25-21(18)28/h6-8,10-11,13H,4-5,9H2,1-3H3,(H,23,27)(H,25,28). The topological polar surface area (TPSA) is 79.8 Å². The quantitative estimate of drug-likeness (QED) is 0.621. The highest BCUT2D eigenvalue weighted by atomic mass is 79.9. The molecule has 1 amide bonds. The lowest BCUT2D eigenvalue weighted by Crippen LogP contribution is -2.28. The van der Waals surface area contributed by atoms with E-state index in [-0.39, 0.29) is 24.1 Å². The number of benzene rings is 1. The predicted octanol–water partition coefficient (Wildman–Crippen LogP) is 4.18. The van der Waals surface area contributed by atoms with Crippen molar-refractivity contribution < 1.29 is 4.79 Å². The lowest BCUT2D eigenvalue weighted by molar-refractivity contribution is 0.0952. The Labute approximate surface area is 171 Å². The van der Waals surface area contributed by atoms with Crippen LogP contribution in [0.1, 0.15) is 65.8 Å². The first-order valence-corrected chi connectivity index (χ1v) is 10.3. The van der Waals surface area contributed by atoms with Crippen molar-refractivity contribution in [1.29, 1.82) is 0 Å². The Kier molecular flexibility index (Phi) is 4.87. The van der Waals surface area contributed by atoms with Crippen LogP contribution >= 0.6 is 15.9 Å². The van der Waals surface area contributed by atoms with Crippen molar-refractivity contribution in [3.05, 3.63) is 61.6 Å². The normalized spacial score (nSPS) is 14.0. The molecule has 0 bridgehead atoms. The summed E-state index contributed by atoms with van der Waals surface area (Å²) in [5, 5.41) is 8.17. The van der Waals surface area contributed by atoms with E-state index < -0.39 is 0 Å². The van der Waals surface area contributed by atoms with Gasteiger partial charge in [0.2, 0.25) is 0 Å². The van der Waals surface area contributed by atoms with E-state index in [1.165, 1.54) is 0 Å². The SMILES string of the molecule is Cc1cc(C2CC2)c(CNC(=O)c2cc(Br)cc3c2cnn3C(C)C)c(=O)[nH]1. The van der Waals surface area contributed by atoms with E-state index >= 15 is 0 Å². The van der Waals surface area contributed by atoms with Gasteiger partial charge in [0.15, 0.2) is 0 Å². The van der Waals surface area contributed by atoms with E-state index in [1.54, 1.807) is 12.3 Å². The second-order valence-corrected chi connectivity index (χ2v) is 8.66. The average molecular weight is 443 g/mol. The number of nitrogens with zero attached hydrogens (tertiary/aromatic N) is 2. The van der Waals surface area contributed by atoms with Crippen LogP contribution in [0.25, 0.3) is 10.9 Å². The fourth-order valence-corrected chi connectivity index (χ4v) is 4.10. The van der Waals surface area contributed by atoms with Crippen LogP contribution in [0.5, 0.6) is 0 Å². The molecule has 7 heteroatoms. The zero-order valence-corrected chi connectivity index (χ0v) is 17.8. The summed E-state index contributed by atoms with van der Waals surface area (Å²) in [4.78, 5) is 28.3. The lowest BCUT2D eigenvalue weighted by Gasteiger charge is -2.12. The third-order valence-corrected chi connectivity index (χ3v) is 5.62. The second kappa shape index (κ2) is 7.20. The molecular formula is C21H23BrN4O2. The number of aromatic nitrogens is 3. The van der Waals surface area contributed by atoms with Crippen LogP contribution in [0.15, 0.2) is 33.7 Å². The van der Waals surface area contributed by atoms with Gasteiger partial charge in [-0.05, 0) is 63.3 Å². The maximum Gasteiger partial charge on any atom is 0.253 e. The summed E-state index contributed by atoms with van der Waals surface area (Å²) >= 11 is 3.50. The summed E-state index contributed by atoms with van der Waals surface area (Å²) < 4.78 is 2.71. The molecule has 0 radical (unpaired) electrons. The monoisotopic (exact) mass is 442 g/mol. The number of nitrogens with one attached hydrogen (secondary N) is 2. The Bertz CT molecular complexity index is 1130. The van der Waals surface area contributed by atoms with E-state index in [0.29, 0.717) is 17.0 Å². The van der Waals surface area contributed by atoms with E-state index in [4.69, 9.17) is 0 Å². The highest BCUT2D eigenvalue weighted by molar-refractivity contribution is 9.10. The van der Waals surface area contributed by atoms with Crippen molar-refractivity contribution in [2.24, 2.45) is 0 Å². The largest absolute Gasteiger partial charge is 0.348 e. The summed E-state index contributed by atoms with van der Waals surface area (Å²) in [6.45, 7) is 6.21. The highest BCUT2D eigenvalue weighted by Crippen LogP contribution is 2.41. The van der Waals surface area contributed by atoms with Crippen molar-refractivity contribution in [3.8, 4) is 0 Å². The first-order valence-electron chi connectivity index (χ1n) is 9.52. The number of rotatable bonds is 5. The van der Waals surface area contributed by atoms with Gasteiger partial charge in [0.1, 0.15) is 0 Å². The Morgan fingerprint density at radius 3 is 2.79 bits per heavy atom. The highest BCUT2D eigenvalue weighted by Gasteiger charge is 2.28. The van der Waals surface area contributed by atoms with Gasteiger partial charge in [-0.3, -0.25) is 14.3 Å². The van der Waals surface area contributed by atoms with Crippen molar-refractivity contribution in [1.82, 2.24) is 20.1 Å². The number of halogens is 1. The third kappa shape index (κ3) is 3.51.